The zero-order valence-electron chi connectivity index (χ0n) is 17.4. The predicted octanol–water partition coefficient (Wildman–Crippen LogP) is 5.76. The molecule has 0 radical (unpaired) electrons. The van der Waals surface area contributed by atoms with Crippen LogP contribution in [0.4, 0.5) is 11.4 Å². The van der Waals surface area contributed by atoms with Gasteiger partial charge >= 0.3 is 0 Å². The Morgan fingerprint density at radius 2 is 1.75 bits per heavy atom. The van der Waals surface area contributed by atoms with Crippen molar-refractivity contribution in [1.82, 2.24) is 0 Å². The van der Waals surface area contributed by atoms with Gasteiger partial charge in [-0.25, -0.2) is 0 Å². The zero-order valence-corrected chi connectivity index (χ0v) is 17.4. The number of nitrogens with zero attached hydrogens (tertiary/aromatic N) is 2. The summed E-state index contributed by atoms with van der Waals surface area (Å²) < 4.78 is 5.77. The van der Waals surface area contributed by atoms with E-state index < -0.39 is 0 Å². The molecule has 1 fully saturated rings. The Morgan fingerprint density at radius 3 is 2.32 bits per heavy atom. The van der Waals surface area contributed by atoms with Gasteiger partial charge in [-0.15, -0.1) is 0 Å². The van der Waals surface area contributed by atoms with Gasteiger partial charge in [0.05, 0.1) is 7.11 Å². The third-order valence-electron chi connectivity index (χ3n) is 5.54. The second-order valence-electron chi connectivity index (χ2n) is 7.11. The van der Waals surface area contributed by atoms with Crippen molar-refractivity contribution in [2.24, 2.45) is 0 Å². The van der Waals surface area contributed by atoms with Gasteiger partial charge < -0.3 is 14.5 Å². The standard InChI is InChI=1S/C25H32N2O/c1-5-10-23(20-11-13-21(14-12-20)27-17-8-9-18-27)24-16-15-22(19-25(24)28-4)26(6-2)7-3/h5,10-16,19H,1,6-9,17-18H2,2-4H3/b23-10-. The highest BCUT2D eigenvalue weighted by Crippen LogP contribution is 2.35. The van der Waals surface area contributed by atoms with E-state index in [9.17, 15) is 0 Å². The Hall–Kier alpha value is -2.68. The highest BCUT2D eigenvalue weighted by molar-refractivity contribution is 5.85. The van der Waals surface area contributed by atoms with E-state index >= 15 is 0 Å². The van der Waals surface area contributed by atoms with E-state index in [-0.39, 0.29) is 0 Å². The first kappa shape index (κ1) is 20.1. The Balaban J connectivity index is 1.95. The van der Waals surface area contributed by atoms with E-state index in [1.54, 1.807) is 7.11 Å². The molecule has 3 heteroatoms. The second-order valence-corrected chi connectivity index (χ2v) is 7.11. The van der Waals surface area contributed by atoms with Gasteiger partial charge in [0, 0.05) is 49.2 Å². The van der Waals surface area contributed by atoms with E-state index in [0.717, 1.165) is 43.1 Å². The lowest BCUT2D eigenvalue weighted by Gasteiger charge is -2.23. The second kappa shape index (κ2) is 9.50. The fourth-order valence-corrected chi connectivity index (χ4v) is 3.97. The van der Waals surface area contributed by atoms with Crippen molar-refractivity contribution >= 4 is 16.9 Å². The van der Waals surface area contributed by atoms with Crippen molar-refractivity contribution in [2.75, 3.05) is 43.1 Å². The molecule has 2 aromatic rings. The van der Waals surface area contributed by atoms with Gasteiger partial charge in [0.15, 0.2) is 0 Å². The van der Waals surface area contributed by atoms with Gasteiger partial charge in [0.25, 0.3) is 0 Å². The van der Waals surface area contributed by atoms with E-state index in [4.69, 9.17) is 4.74 Å². The Morgan fingerprint density at radius 1 is 1.07 bits per heavy atom. The van der Waals surface area contributed by atoms with Crippen molar-refractivity contribution in [3.63, 3.8) is 0 Å². The summed E-state index contributed by atoms with van der Waals surface area (Å²) >= 11 is 0. The molecule has 28 heavy (non-hydrogen) atoms. The molecule has 1 heterocycles. The van der Waals surface area contributed by atoms with Crippen LogP contribution in [0.15, 0.2) is 61.2 Å². The minimum absolute atomic E-state index is 0.890. The number of anilines is 2. The van der Waals surface area contributed by atoms with Gasteiger partial charge in [-0.3, -0.25) is 0 Å². The minimum Gasteiger partial charge on any atom is -0.496 e. The maximum Gasteiger partial charge on any atom is 0.128 e. The van der Waals surface area contributed by atoms with Crippen LogP contribution in [0, 0.1) is 0 Å². The van der Waals surface area contributed by atoms with Crippen LogP contribution in [0.25, 0.3) is 5.57 Å². The van der Waals surface area contributed by atoms with Crippen LogP contribution in [0.2, 0.25) is 0 Å². The zero-order chi connectivity index (χ0) is 19.9. The first-order chi connectivity index (χ1) is 13.7. The molecular weight excluding hydrogens is 344 g/mol. The molecular formula is C25H32N2O. The average Bonchev–Trinajstić information content (AvgIpc) is 3.28. The number of methoxy groups -OCH3 is 1. The molecule has 1 aliphatic heterocycles. The summed E-state index contributed by atoms with van der Waals surface area (Å²) in [4.78, 5) is 4.79. The number of hydrogen-bond acceptors (Lipinski definition) is 3. The maximum absolute atomic E-state index is 5.77. The molecule has 3 nitrogen and oxygen atoms in total. The molecule has 0 amide bonds. The summed E-state index contributed by atoms with van der Waals surface area (Å²) in [6.07, 6.45) is 6.50. The number of hydrogen-bond donors (Lipinski definition) is 0. The largest absolute Gasteiger partial charge is 0.496 e. The van der Waals surface area contributed by atoms with Crippen LogP contribution in [-0.4, -0.2) is 33.3 Å². The summed E-state index contributed by atoms with van der Waals surface area (Å²) in [7, 11) is 1.74. The van der Waals surface area contributed by atoms with Gasteiger partial charge in [-0.05, 0) is 62.1 Å². The van der Waals surface area contributed by atoms with Gasteiger partial charge in [-0.2, -0.15) is 0 Å². The molecule has 0 aromatic heterocycles. The lowest BCUT2D eigenvalue weighted by Crippen LogP contribution is -2.21. The van der Waals surface area contributed by atoms with Crippen LogP contribution < -0.4 is 14.5 Å². The van der Waals surface area contributed by atoms with Crippen LogP contribution >= 0.6 is 0 Å². The number of benzene rings is 2. The highest BCUT2D eigenvalue weighted by Gasteiger charge is 2.15. The Labute approximate surface area is 169 Å². The molecule has 2 aromatic carbocycles. The van der Waals surface area contributed by atoms with Crippen LogP contribution in [0.3, 0.4) is 0 Å². The SMILES string of the molecule is C=C/C=C(/c1ccc(N2CCCC2)cc1)c1ccc(N(CC)CC)cc1OC. The maximum atomic E-state index is 5.77. The van der Waals surface area contributed by atoms with Crippen LogP contribution in [0.5, 0.6) is 5.75 Å². The topological polar surface area (TPSA) is 15.7 Å². The molecule has 0 saturated carbocycles. The third-order valence-corrected chi connectivity index (χ3v) is 5.54. The first-order valence-corrected chi connectivity index (χ1v) is 10.3. The molecule has 0 unspecified atom stereocenters. The Bertz CT molecular complexity index is 813. The van der Waals surface area contributed by atoms with E-state index in [1.807, 2.05) is 6.08 Å². The summed E-state index contributed by atoms with van der Waals surface area (Å²) in [6, 6.07) is 15.4. The molecule has 0 bridgehead atoms. The number of rotatable bonds is 8. The van der Waals surface area contributed by atoms with E-state index in [2.05, 4.69) is 78.8 Å². The fourth-order valence-electron chi connectivity index (χ4n) is 3.97. The monoisotopic (exact) mass is 376 g/mol. The fraction of sp³-hybridized carbons (Fsp3) is 0.360. The molecule has 0 aliphatic carbocycles. The normalized spacial score (nSPS) is 14.2. The molecule has 0 atom stereocenters. The lowest BCUT2D eigenvalue weighted by atomic mass is 9.95. The van der Waals surface area contributed by atoms with Crippen molar-refractivity contribution < 1.29 is 4.74 Å². The number of ether oxygens (including phenoxy) is 1. The van der Waals surface area contributed by atoms with Gasteiger partial charge in [0.2, 0.25) is 0 Å². The lowest BCUT2D eigenvalue weighted by molar-refractivity contribution is 0.413. The van der Waals surface area contributed by atoms with Crippen molar-refractivity contribution in [2.45, 2.75) is 26.7 Å². The minimum atomic E-state index is 0.890. The van der Waals surface area contributed by atoms with E-state index in [0.29, 0.717) is 0 Å². The van der Waals surface area contributed by atoms with Gasteiger partial charge in [-0.1, -0.05) is 30.9 Å². The first-order valence-electron chi connectivity index (χ1n) is 10.3. The van der Waals surface area contributed by atoms with Crippen molar-refractivity contribution in [3.8, 4) is 5.75 Å². The summed E-state index contributed by atoms with van der Waals surface area (Å²) in [5.74, 6) is 0.890. The van der Waals surface area contributed by atoms with Crippen molar-refractivity contribution in [1.29, 1.82) is 0 Å². The van der Waals surface area contributed by atoms with Gasteiger partial charge in [0.1, 0.15) is 5.75 Å². The molecule has 3 rings (SSSR count). The third kappa shape index (κ3) is 4.24. The van der Waals surface area contributed by atoms with E-state index in [1.165, 1.54) is 29.8 Å². The van der Waals surface area contributed by atoms with Crippen LogP contribution in [0.1, 0.15) is 37.8 Å². The summed E-state index contributed by atoms with van der Waals surface area (Å²) in [5.41, 5.74) is 5.89. The molecule has 0 N–H and O–H groups in total. The Kier molecular flexibility index (Phi) is 6.80. The molecule has 148 valence electrons. The average molecular weight is 377 g/mol. The number of allylic oxidation sites excluding steroid dienone is 2. The van der Waals surface area contributed by atoms with Crippen molar-refractivity contribution in [3.05, 3.63) is 72.3 Å². The smallest absolute Gasteiger partial charge is 0.128 e. The quantitative estimate of drug-likeness (QED) is 0.545. The highest BCUT2D eigenvalue weighted by atomic mass is 16.5. The predicted molar refractivity (Wildman–Crippen MR) is 122 cm³/mol. The summed E-state index contributed by atoms with van der Waals surface area (Å²) in [6.45, 7) is 12.6. The molecule has 1 aliphatic rings. The summed E-state index contributed by atoms with van der Waals surface area (Å²) in [5, 5.41) is 0. The molecule has 0 spiro atoms. The molecule has 1 saturated heterocycles. The van der Waals surface area contributed by atoms with Crippen LogP contribution in [-0.2, 0) is 0 Å².